The van der Waals surface area contributed by atoms with E-state index in [1.165, 1.54) is 0 Å². The minimum absolute atomic E-state index is 0.265. The Kier molecular flexibility index (Phi) is 2.26. The van der Waals surface area contributed by atoms with Crippen LogP contribution >= 0.6 is 0 Å². The van der Waals surface area contributed by atoms with E-state index < -0.39 is 0 Å². The first kappa shape index (κ1) is 9.93. The van der Waals surface area contributed by atoms with E-state index in [9.17, 15) is 0 Å². The highest BCUT2D eigenvalue weighted by molar-refractivity contribution is 5.46. The number of benzene rings is 1. The summed E-state index contributed by atoms with van der Waals surface area (Å²) in [6, 6.07) is 6.00. The maximum absolute atomic E-state index is 5.85. The second-order valence-corrected chi connectivity index (χ2v) is 4.32. The zero-order chi connectivity index (χ0) is 11.0. The van der Waals surface area contributed by atoms with Gasteiger partial charge in [0.05, 0.1) is 6.61 Å². The molecule has 0 amide bonds. The van der Waals surface area contributed by atoms with E-state index in [1.807, 2.05) is 18.2 Å². The standard InChI is InChI=1S/C12H15NO3/c1-12(7-13-4-5-16-12)9-2-3-10-11(6-9)15-8-14-10/h2-3,6,13H,4-5,7-8H2,1H3. The average Bonchev–Trinajstić information content (AvgIpc) is 2.77. The summed E-state index contributed by atoms with van der Waals surface area (Å²) in [5, 5.41) is 3.34. The highest BCUT2D eigenvalue weighted by atomic mass is 16.7. The zero-order valence-corrected chi connectivity index (χ0v) is 9.29. The molecule has 0 spiro atoms. The first-order chi connectivity index (χ1) is 7.78. The molecule has 2 aliphatic heterocycles. The van der Waals surface area contributed by atoms with Gasteiger partial charge in [0.2, 0.25) is 6.79 Å². The Morgan fingerprint density at radius 3 is 2.94 bits per heavy atom. The fourth-order valence-corrected chi connectivity index (χ4v) is 2.14. The molecule has 0 radical (unpaired) electrons. The molecule has 1 aromatic rings. The molecule has 4 heteroatoms. The van der Waals surface area contributed by atoms with Gasteiger partial charge in [-0.05, 0) is 24.6 Å². The van der Waals surface area contributed by atoms with Gasteiger partial charge in [0.25, 0.3) is 0 Å². The van der Waals surface area contributed by atoms with Crippen LogP contribution in [0.2, 0.25) is 0 Å². The molecule has 86 valence electrons. The molecule has 1 saturated heterocycles. The quantitative estimate of drug-likeness (QED) is 0.774. The van der Waals surface area contributed by atoms with E-state index in [0.717, 1.165) is 36.8 Å². The van der Waals surface area contributed by atoms with Crippen molar-refractivity contribution in [3.63, 3.8) is 0 Å². The van der Waals surface area contributed by atoms with Gasteiger partial charge in [-0.25, -0.2) is 0 Å². The molecular weight excluding hydrogens is 206 g/mol. The lowest BCUT2D eigenvalue weighted by molar-refractivity contribution is -0.0573. The van der Waals surface area contributed by atoms with Gasteiger partial charge < -0.3 is 19.5 Å². The third-order valence-electron chi connectivity index (χ3n) is 3.15. The molecule has 0 bridgehead atoms. The molecule has 1 aromatic carbocycles. The molecule has 0 aliphatic carbocycles. The molecule has 1 N–H and O–H groups in total. The number of fused-ring (bicyclic) bond motifs is 1. The highest BCUT2D eigenvalue weighted by Gasteiger charge is 2.31. The number of nitrogens with one attached hydrogen (secondary N) is 1. The third-order valence-corrected chi connectivity index (χ3v) is 3.15. The Bertz CT molecular complexity index is 399. The van der Waals surface area contributed by atoms with E-state index >= 15 is 0 Å². The smallest absolute Gasteiger partial charge is 0.231 e. The molecule has 1 unspecified atom stereocenters. The topological polar surface area (TPSA) is 39.7 Å². The monoisotopic (exact) mass is 221 g/mol. The summed E-state index contributed by atoms with van der Waals surface area (Å²) >= 11 is 0. The third kappa shape index (κ3) is 1.54. The zero-order valence-electron chi connectivity index (χ0n) is 9.29. The van der Waals surface area contributed by atoms with Crippen molar-refractivity contribution in [1.29, 1.82) is 0 Å². The first-order valence-electron chi connectivity index (χ1n) is 5.53. The lowest BCUT2D eigenvalue weighted by Crippen LogP contribution is -2.45. The molecule has 3 rings (SSSR count). The van der Waals surface area contributed by atoms with E-state index in [4.69, 9.17) is 14.2 Å². The second-order valence-electron chi connectivity index (χ2n) is 4.32. The van der Waals surface area contributed by atoms with Crippen molar-refractivity contribution in [3.05, 3.63) is 23.8 Å². The van der Waals surface area contributed by atoms with Gasteiger partial charge in [-0.2, -0.15) is 0 Å². The number of morpholine rings is 1. The molecule has 0 saturated carbocycles. The normalized spacial score (nSPS) is 28.1. The maximum atomic E-state index is 5.85. The van der Waals surface area contributed by atoms with Crippen LogP contribution in [-0.2, 0) is 10.3 Å². The highest BCUT2D eigenvalue weighted by Crippen LogP contribution is 2.37. The average molecular weight is 221 g/mol. The number of hydrogen-bond donors (Lipinski definition) is 1. The van der Waals surface area contributed by atoms with Gasteiger partial charge in [-0.3, -0.25) is 0 Å². The summed E-state index contributed by atoms with van der Waals surface area (Å²) in [6.45, 7) is 4.89. The van der Waals surface area contributed by atoms with Crippen molar-refractivity contribution in [2.45, 2.75) is 12.5 Å². The maximum Gasteiger partial charge on any atom is 0.231 e. The molecule has 0 aromatic heterocycles. The Morgan fingerprint density at radius 2 is 2.12 bits per heavy atom. The first-order valence-corrected chi connectivity index (χ1v) is 5.53. The Labute approximate surface area is 94.5 Å². The van der Waals surface area contributed by atoms with Gasteiger partial charge >= 0.3 is 0 Å². The summed E-state index contributed by atoms with van der Waals surface area (Å²) in [4.78, 5) is 0. The largest absolute Gasteiger partial charge is 0.454 e. The van der Waals surface area contributed by atoms with Crippen LogP contribution in [0.3, 0.4) is 0 Å². The van der Waals surface area contributed by atoms with E-state index in [2.05, 4.69) is 12.2 Å². The van der Waals surface area contributed by atoms with E-state index in [0.29, 0.717) is 6.79 Å². The van der Waals surface area contributed by atoms with Gasteiger partial charge in [-0.15, -0.1) is 0 Å². The molecule has 2 heterocycles. The summed E-state index contributed by atoms with van der Waals surface area (Å²) < 4.78 is 16.5. The van der Waals surface area contributed by atoms with Crippen LogP contribution in [0.5, 0.6) is 11.5 Å². The number of hydrogen-bond acceptors (Lipinski definition) is 4. The van der Waals surface area contributed by atoms with Crippen LogP contribution in [0.4, 0.5) is 0 Å². The van der Waals surface area contributed by atoms with Crippen molar-refractivity contribution in [2.24, 2.45) is 0 Å². The second kappa shape index (κ2) is 3.64. The Balaban J connectivity index is 1.93. The van der Waals surface area contributed by atoms with Crippen LogP contribution in [-0.4, -0.2) is 26.5 Å². The molecule has 16 heavy (non-hydrogen) atoms. The van der Waals surface area contributed by atoms with Crippen molar-refractivity contribution in [3.8, 4) is 11.5 Å². The number of ether oxygens (including phenoxy) is 3. The van der Waals surface area contributed by atoms with Gasteiger partial charge in [0, 0.05) is 13.1 Å². The molecule has 1 atom stereocenters. The van der Waals surface area contributed by atoms with Crippen molar-refractivity contribution in [1.82, 2.24) is 5.32 Å². The summed E-state index contributed by atoms with van der Waals surface area (Å²) in [5.74, 6) is 1.63. The van der Waals surface area contributed by atoms with Gasteiger partial charge in [0.15, 0.2) is 11.5 Å². The minimum Gasteiger partial charge on any atom is -0.454 e. The predicted octanol–water partition coefficient (Wildman–Crippen LogP) is 1.25. The van der Waals surface area contributed by atoms with Crippen LogP contribution < -0.4 is 14.8 Å². The molecule has 1 fully saturated rings. The predicted molar refractivity (Wildman–Crippen MR) is 58.7 cm³/mol. The Hall–Kier alpha value is -1.26. The summed E-state index contributed by atoms with van der Waals surface area (Å²) in [6.07, 6.45) is 0. The van der Waals surface area contributed by atoms with Crippen LogP contribution in [0.25, 0.3) is 0 Å². The fraction of sp³-hybridized carbons (Fsp3) is 0.500. The molecule has 2 aliphatic rings. The lowest BCUT2D eigenvalue weighted by Gasteiger charge is -2.34. The summed E-state index contributed by atoms with van der Waals surface area (Å²) in [7, 11) is 0. The van der Waals surface area contributed by atoms with Gasteiger partial charge in [-0.1, -0.05) is 6.07 Å². The lowest BCUT2D eigenvalue weighted by atomic mass is 9.94. The van der Waals surface area contributed by atoms with Crippen LogP contribution in [0.1, 0.15) is 12.5 Å². The molecular formula is C12H15NO3. The summed E-state index contributed by atoms with van der Waals surface area (Å²) in [5.41, 5.74) is 0.864. The molecule has 4 nitrogen and oxygen atoms in total. The minimum atomic E-state index is -0.265. The van der Waals surface area contributed by atoms with Gasteiger partial charge in [0.1, 0.15) is 5.60 Å². The Morgan fingerprint density at radius 1 is 1.25 bits per heavy atom. The van der Waals surface area contributed by atoms with Crippen LogP contribution in [0, 0.1) is 0 Å². The van der Waals surface area contributed by atoms with Crippen LogP contribution in [0.15, 0.2) is 18.2 Å². The SMILES string of the molecule is CC1(c2ccc3c(c2)OCO3)CNCCO1. The van der Waals surface area contributed by atoms with Crippen molar-refractivity contribution < 1.29 is 14.2 Å². The van der Waals surface area contributed by atoms with E-state index in [-0.39, 0.29) is 5.60 Å². The van der Waals surface area contributed by atoms with Crippen molar-refractivity contribution in [2.75, 3.05) is 26.5 Å². The van der Waals surface area contributed by atoms with E-state index in [1.54, 1.807) is 0 Å². The fourth-order valence-electron chi connectivity index (χ4n) is 2.14. The van der Waals surface area contributed by atoms with Crippen molar-refractivity contribution >= 4 is 0 Å². The number of rotatable bonds is 1.